The quantitative estimate of drug-likeness (QED) is 0.498. The first-order chi connectivity index (χ1) is 12.1. The number of halogens is 1. The number of esters is 1. The van der Waals surface area contributed by atoms with E-state index in [4.69, 9.17) is 21.1 Å². The van der Waals surface area contributed by atoms with Crippen LogP contribution in [0.15, 0.2) is 24.7 Å². The van der Waals surface area contributed by atoms with Crippen LogP contribution in [0, 0.1) is 0 Å². The summed E-state index contributed by atoms with van der Waals surface area (Å²) < 4.78 is 14.3. The Morgan fingerprint density at radius 2 is 2.12 bits per heavy atom. The van der Waals surface area contributed by atoms with Crippen LogP contribution in [0.25, 0.3) is 11.0 Å². The van der Waals surface area contributed by atoms with E-state index in [1.54, 1.807) is 25.6 Å². The number of imidazole rings is 2. The Morgan fingerprint density at radius 3 is 2.76 bits per heavy atom. The van der Waals surface area contributed by atoms with E-state index in [-0.39, 0.29) is 5.88 Å². The van der Waals surface area contributed by atoms with Crippen LogP contribution in [-0.2, 0) is 23.7 Å². The number of ether oxygens (including phenoxy) is 2. The van der Waals surface area contributed by atoms with Crippen LogP contribution >= 0.6 is 11.6 Å². The molecule has 2 aromatic heterocycles. The number of rotatable bonds is 6. The van der Waals surface area contributed by atoms with Gasteiger partial charge in [-0.1, -0.05) is 0 Å². The van der Waals surface area contributed by atoms with Gasteiger partial charge in [-0.3, -0.25) is 0 Å². The number of benzene rings is 1. The molecule has 0 unspecified atom stereocenters. The number of nitrogens with zero attached hydrogens (tertiary/aromatic N) is 4. The van der Waals surface area contributed by atoms with E-state index in [1.165, 1.54) is 7.11 Å². The lowest BCUT2D eigenvalue weighted by Crippen LogP contribution is -2.09. The molecule has 0 fully saturated rings. The highest BCUT2D eigenvalue weighted by molar-refractivity contribution is 6.17. The van der Waals surface area contributed by atoms with Gasteiger partial charge in [0.1, 0.15) is 17.1 Å². The lowest BCUT2D eigenvalue weighted by Gasteiger charge is -2.11. The lowest BCUT2D eigenvalue weighted by atomic mass is 10.2. The smallest absolute Gasteiger partial charge is 0.338 e. The van der Waals surface area contributed by atoms with Gasteiger partial charge in [-0.25, -0.2) is 14.8 Å². The minimum absolute atomic E-state index is 0.242. The molecule has 0 aliphatic heterocycles. The molecule has 2 heterocycles. The van der Waals surface area contributed by atoms with Gasteiger partial charge >= 0.3 is 5.97 Å². The molecule has 0 radical (unpaired) electrons. The number of aryl methyl sites for hydroxylation is 1. The number of fused-ring (bicyclic) bond motifs is 1. The van der Waals surface area contributed by atoms with E-state index < -0.39 is 5.97 Å². The summed E-state index contributed by atoms with van der Waals surface area (Å²) in [7, 11) is 2.89. The largest absolute Gasteiger partial charge is 0.494 e. The normalized spacial score (nSPS) is 11.0. The van der Waals surface area contributed by atoms with E-state index in [0.29, 0.717) is 29.2 Å². The lowest BCUT2D eigenvalue weighted by molar-refractivity contribution is 0.0600. The van der Waals surface area contributed by atoms with Crippen LogP contribution in [0.3, 0.4) is 0 Å². The van der Waals surface area contributed by atoms with E-state index in [0.717, 1.165) is 17.8 Å². The number of methoxy groups -OCH3 is 2. The Hall–Kier alpha value is -2.54. The monoisotopic (exact) mass is 362 g/mol. The van der Waals surface area contributed by atoms with Crippen LogP contribution in [0.5, 0.6) is 5.75 Å². The average molecular weight is 363 g/mol. The van der Waals surface area contributed by atoms with E-state index in [9.17, 15) is 4.79 Å². The molecule has 0 amide bonds. The molecule has 8 heteroatoms. The number of hydrogen-bond donors (Lipinski definition) is 0. The van der Waals surface area contributed by atoms with E-state index in [2.05, 4.69) is 16.9 Å². The van der Waals surface area contributed by atoms with Crippen molar-refractivity contribution in [2.45, 2.75) is 25.9 Å². The van der Waals surface area contributed by atoms with Crippen molar-refractivity contribution in [1.82, 2.24) is 19.1 Å². The number of aromatic nitrogens is 4. The van der Waals surface area contributed by atoms with Gasteiger partial charge in [0.2, 0.25) is 0 Å². The van der Waals surface area contributed by atoms with Crippen molar-refractivity contribution in [3.63, 3.8) is 0 Å². The molecule has 25 heavy (non-hydrogen) atoms. The van der Waals surface area contributed by atoms with Gasteiger partial charge in [0.15, 0.2) is 0 Å². The van der Waals surface area contributed by atoms with E-state index in [1.807, 2.05) is 15.3 Å². The SMILES string of the molecule is CCn1cncc1Cn1c(CCl)nc2c(OC)cc(C(=O)OC)cc21. The van der Waals surface area contributed by atoms with Crippen molar-refractivity contribution in [2.24, 2.45) is 0 Å². The summed E-state index contributed by atoms with van der Waals surface area (Å²) in [6.07, 6.45) is 3.60. The van der Waals surface area contributed by atoms with Crippen LogP contribution < -0.4 is 4.74 Å². The highest BCUT2D eigenvalue weighted by Gasteiger charge is 2.19. The molecule has 0 bridgehead atoms. The third-order valence-electron chi connectivity index (χ3n) is 4.12. The molecular weight excluding hydrogens is 344 g/mol. The Labute approximate surface area is 150 Å². The average Bonchev–Trinajstić information content (AvgIpc) is 3.24. The van der Waals surface area contributed by atoms with Crippen LogP contribution in [0.4, 0.5) is 0 Å². The molecule has 0 saturated heterocycles. The molecule has 0 atom stereocenters. The standard InChI is InChI=1S/C17H19ClN4O3/c1-4-21-10-19-8-12(21)9-22-13-5-11(17(23)25-3)6-14(24-2)16(13)20-15(22)7-18/h5-6,8,10H,4,7,9H2,1-3H3. The van der Waals surface area contributed by atoms with Gasteiger partial charge in [0.25, 0.3) is 0 Å². The number of carbonyl (C=O) groups is 1. The second-order valence-electron chi connectivity index (χ2n) is 5.46. The van der Waals surface area contributed by atoms with Crippen LogP contribution in [-0.4, -0.2) is 39.3 Å². The third kappa shape index (κ3) is 3.07. The Morgan fingerprint density at radius 1 is 1.32 bits per heavy atom. The third-order valence-corrected chi connectivity index (χ3v) is 4.36. The molecule has 7 nitrogen and oxygen atoms in total. The van der Waals surface area contributed by atoms with Crippen molar-refractivity contribution < 1.29 is 14.3 Å². The fourth-order valence-corrected chi connectivity index (χ4v) is 3.04. The molecule has 0 aliphatic rings. The van der Waals surface area contributed by atoms with Crippen molar-refractivity contribution in [2.75, 3.05) is 14.2 Å². The minimum Gasteiger partial charge on any atom is -0.494 e. The number of alkyl halides is 1. The minimum atomic E-state index is -0.432. The molecule has 1 aromatic carbocycles. The molecule has 0 saturated carbocycles. The first-order valence-corrected chi connectivity index (χ1v) is 8.36. The van der Waals surface area contributed by atoms with Crippen molar-refractivity contribution >= 4 is 28.6 Å². The summed E-state index contributed by atoms with van der Waals surface area (Å²) in [6.45, 7) is 3.41. The van der Waals surface area contributed by atoms with Crippen molar-refractivity contribution in [1.29, 1.82) is 0 Å². The first-order valence-electron chi connectivity index (χ1n) is 7.83. The highest BCUT2D eigenvalue weighted by Crippen LogP contribution is 2.29. The molecule has 3 rings (SSSR count). The summed E-state index contributed by atoms with van der Waals surface area (Å²) in [6, 6.07) is 3.37. The van der Waals surface area contributed by atoms with Crippen LogP contribution in [0.2, 0.25) is 0 Å². The van der Waals surface area contributed by atoms with Crippen molar-refractivity contribution in [3.8, 4) is 5.75 Å². The fourth-order valence-electron chi connectivity index (χ4n) is 2.84. The van der Waals surface area contributed by atoms with Gasteiger partial charge in [-0.2, -0.15) is 0 Å². The molecule has 0 aliphatic carbocycles. The Kier molecular flexibility index (Phi) is 4.94. The molecule has 132 valence electrons. The summed E-state index contributed by atoms with van der Waals surface area (Å²) in [5, 5.41) is 0. The maximum Gasteiger partial charge on any atom is 0.338 e. The van der Waals surface area contributed by atoms with Gasteiger partial charge in [0, 0.05) is 12.7 Å². The predicted molar refractivity (Wildman–Crippen MR) is 94.2 cm³/mol. The second-order valence-corrected chi connectivity index (χ2v) is 5.72. The number of carbonyl (C=O) groups excluding carboxylic acids is 1. The molecular formula is C17H19ClN4O3. The summed E-state index contributed by atoms with van der Waals surface area (Å²) in [5.41, 5.74) is 2.85. The zero-order valence-corrected chi connectivity index (χ0v) is 15.1. The first kappa shape index (κ1) is 17.3. The van der Waals surface area contributed by atoms with Gasteiger partial charge in [-0.05, 0) is 19.1 Å². The van der Waals surface area contributed by atoms with E-state index >= 15 is 0 Å². The van der Waals surface area contributed by atoms with Crippen molar-refractivity contribution in [3.05, 3.63) is 41.7 Å². The molecule has 3 aromatic rings. The summed E-state index contributed by atoms with van der Waals surface area (Å²) in [5.74, 6) is 1.01. The topological polar surface area (TPSA) is 71.2 Å². The summed E-state index contributed by atoms with van der Waals surface area (Å²) >= 11 is 6.10. The Balaban J connectivity index is 2.20. The zero-order valence-electron chi connectivity index (χ0n) is 14.3. The highest BCUT2D eigenvalue weighted by atomic mass is 35.5. The maximum atomic E-state index is 12.0. The molecule has 0 spiro atoms. The Bertz CT molecular complexity index is 916. The number of hydrogen-bond acceptors (Lipinski definition) is 5. The summed E-state index contributed by atoms with van der Waals surface area (Å²) in [4.78, 5) is 20.8. The van der Waals surface area contributed by atoms with Gasteiger partial charge in [-0.15, -0.1) is 11.6 Å². The zero-order chi connectivity index (χ0) is 18.0. The second kappa shape index (κ2) is 7.14. The van der Waals surface area contributed by atoms with Gasteiger partial charge < -0.3 is 18.6 Å². The maximum absolute atomic E-state index is 12.0. The fraction of sp³-hybridized carbons (Fsp3) is 0.353. The predicted octanol–water partition coefficient (Wildman–Crippen LogP) is 2.84. The van der Waals surface area contributed by atoms with Gasteiger partial charge in [0.05, 0.1) is 49.7 Å². The van der Waals surface area contributed by atoms with Crippen LogP contribution in [0.1, 0.15) is 28.8 Å². The molecule has 0 N–H and O–H groups in total.